The largest absolute Gasteiger partial charge is 0.496 e. The number of rotatable bonds is 7. The van der Waals surface area contributed by atoms with Crippen LogP contribution in [0.3, 0.4) is 0 Å². The molecule has 7 nitrogen and oxygen atoms in total. The van der Waals surface area contributed by atoms with Crippen molar-refractivity contribution in [1.82, 2.24) is 14.9 Å². The maximum atomic E-state index is 12.9. The van der Waals surface area contributed by atoms with E-state index in [1.54, 1.807) is 33.1 Å². The molecule has 0 fully saturated rings. The van der Waals surface area contributed by atoms with Gasteiger partial charge in [0.2, 0.25) is 21.8 Å². The molecule has 0 bridgehead atoms. The number of sulfonamides is 1. The lowest BCUT2D eigenvalue weighted by atomic mass is 10.1. The second-order valence-corrected chi connectivity index (χ2v) is 7.87. The van der Waals surface area contributed by atoms with Crippen LogP contribution in [0.15, 0.2) is 57.8 Å². The fourth-order valence-electron chi connectivity index (χ4n) is 2.76. The van der Waals surface area contributed by atoms with Crippen molar-refractivity contribution in [3.05, 3.63) is 71.4 Å². The molecule has 8 heteroatoms. The van der Waals surface area contributed by atoms with Crippen molar-refractivity contribution in [2.24, 2.45) is 0 Å². The van der Waals surface area contributed by atoms with Crippen LogP contribution in [-0.2, 0) is 16.4 Å². The van der Waals surface area contributed by atoms with Gasteiger partial charge in [0, 0.05) is 6.92 Å². The van der Waals surface area contributed by atoms with E-state index in [0.29, 0.717) is 18.1 Å². The molecule has 0 aliphatic rings. The van der Waals surface area contributed by atoms with E-state index in [4.69, 9.17) is 9.15 Å². The van der Waals surface area contributed by atoms with E-state index in [0.717, 1.165) is 11.1 Å². The zero-order chi connectivity index (χ0) is 19.4. The molecule has 1 unspecified atom stereocenters. The normalized spacial score (nSPS) is 12.7. The second kappa shape index (κ2) is 7.89. The molecule has 1 atom stereocenters. The van der Waals surface area contributed by atoms with Gasteiger partial charge in [-0.25, -0.2) is 8.42 Å². The molecule has 27 heavy (non-hydrogen) atoms. The van der Waals surface area contributed by atoms with E-state index in [-0.39, 0.29) is 10.8 Å². The van der Waals surface area contributed by atoms with Crippen molar-refractivity contribution < 1.29 is 17.6 Å². The van der Waals surface area contributed by atoms with Gasteiger partial charge in [-0.05, 0) is 42.7 Å². The van der Waals surface area contributed by atoms with Gasteiger partial charge >= 0.3 is 0 Å². The Morgan fingerprint density at radius 2 is 1.85 bits per heavy atom. The topological polar surface area (TPSA) is 94.3 Å². The van der Waals surface area contributed by atoms with E-state index in [9.17, 15) is 8.42 Å². The summed E-state index contributed by atoms with van der Waals surface area (Å²) >= 11 is 0. The first-order valence-electron chi connectivity index (χ1n) is 8.40. The van der Waals surface area contributed by atoms with Crippen LogP contribution < -0.4 is 9.46 Å². The fourth-order valence-corrected chi connectivity index (χ4v) is 4.03. The number of benzene rings is 2. The molecule has 1 heterocycles. The van der Waals surface area contributed by atoms with Gasteiger partial charge in [0.05, 0.1) is 12.0 Å². The standard InChI is InChI=1S/C19H21N3O4S/c1-13-11-16(9-10-18(13)25-3)27(23,24)22-17(19-21-20-14(2)26-19)12-15-7-5-4-6-8-15/h4-11,17,22H,12H2,1-3H3. The zero-order valence-electron chi connectivity index (χ0n) is 15.3. The molecule has 0 spiro atoms. The summed E-state index contributed by atoms with van der Waals surface area (Å²) in [6, 6.07) is 13.6. The highest BCUT2D eigenvalue weighted by atomic mass is 32.2. The molecule has 0 radical (unpaired) electrons. The summed E-state index contributed by atoms with van der Waals surface area (Å²) in [5, 5.41) is 7.82. The van der Waals surface area contributed by atoms with Crippen LogP contribution in [0.2, 0.25) is 0 Å². The van der Waals surface area contributed by atoms with Crippen LogP contribution in [0.25, 0.3) is 0 Å². The van der Waals surface area contributed by atoms with Crippen LogP contribution in [0.5, 0.6) is 5.75 Å². The van der Waals surface area contributed by atoms with Crippen LogP contribution in [0.4, 0.5) is 0 Å². The smallest absolute Gasteiger partial charge is 0.241 e. The van der Waals surface area contributed by atoms with Crippen LogP contribution in [0.1, 0.15) is 29.0 Å². The minimum absolute atomic E-state index is 0.148. The van der Waals surface area contributed by atoms with E-state index in [1.165, 1.54) is 6.07 Å². The second-order valence-electron chi connectivity index (χ2n) is 6.15. The molecule has 0 aliphatic heterocycles. The Labute approximate surface area is 158 Å². The third-order valence-electron chi connectivity index (χ3n) is 4.10. The van der Waals surface area contributed by atoms with Crippen LogP contribution in [0, 0.1) is 13.8 Å². The number of hydrogen-bond acceptors (Lipinski definition) is 6. The van der Waals surface area contributed by atoms with E-state index in [2.05, 4.69) is 14.9 Å². The Kier molecular flexibility index (Phi) is 5.57. The molecule has 1 aromatic heterocycles. The summed E-state index contributed by atoms with van der Waals surface area (Å²) in [5.74, 6) is 1.23. The minimum Gasteiger partial charge on any atom is -0.496 e. The minimum atomic E-state index is -3.80. The van der Waals surface area contributed by atoms with Crippen molar-refractivity contribution in [3.63, 3.8) is 0 Å². The fraction of sp³-hybridized carbons (Fsp3) is 0.263. The number of methoxy groups -OCH3 is 1. The summed E-state index contributed by atoms with van der Waals surface area (Å²) in [5.41, 5.74) is 1.68. The van der Waals surface area contributed by atoms with Crippen molar-refractivity contribution in [2.75, 3.05) is 7.11 Å². The SMILES string of the molecule is COc1ccc(S(=O)(=O)NC(Cc2ccccc2)c2nnc(C)o2)cc1C. The Morgan fingerprint density at radius 3 is 2.44 bits per heavy atom. The Hall–Kier alpha value is -2.71. The predicted octanol–water partition coefficient (Wildman–Crippen LogP) is 2.96. The van der Waals surface area contributed by atoms with Crippen molar-refractivity contribution in [3.8, 4) is 5.75 Å². The van der Waals surface area contributed by atoms with E-state index >= 15 is 0 Å². The van der Waals surface area contributed by atoms with Gasteiger partial charge in [-0.3, -0.25) is 0 Å². The van der Waals surface area contributed by atoms with E-state index in [1.807, 2.05) is 30.3 Å². The summed E-state index contributed by atoms with van der Waals surface area (Å²) < 4.78 is 39.2. The summed E-state index contributed by atoms with van der Waals surface area (Å²) in [6.07, 6.45) is 0.386. The molecule has 0 saturated heterocycles. The first kappa shape index (κ1) is 19.1. The Morgan fingerprint density at radius 1 is 1.11 bits per heavy atom. The Balaban J connectivity index is 1.91. The van der Waals surface area contributed by atoms with Gasteiger partial charge in [-0.15, -0.1) is 10.2 Å². The molecule has 3 aromatic rings. The van der Waals surface area contributed by atoms with Gasteiger partial charge in [-0.2, -0.15) is 4.72 Å². The molecule has 3 rings (SSSR count). The zero-order valence-corrected chi connectivity index (χ0v) is 16.2. The number of hydrogen-bond donors (Lipinski definition) is 1. The lowest BCUT2D eigenvalue weighted by molar-refractivity contribution is 0.409. The van der Waals surface area contributed by atoms with Gasteiger partial charge in [-0.1, -0.05) is 30.3 Å². The molecule has 142 valence electrons. The van der Waals surface area contributed by atoms with Gasteiger partial charge in [0.1, 0.15) is 11.8 Å². The van der Waals surface area contributed by atoms with Crippen molar-refractivity contribution in [1.29, 1.82) is 0 Å². The average Bonchev–Trinajstić information content (AvgIpc) is 3.08. The highest BCUT2D eigenvalue weighted by molar-refractivity contribution is 7.89. The summed E-state index contributed by atoms with van der Waals surface area (Å²) in [4.78, 5) is 0.148. The lowest BCUT2D eigenvalue weighted by Crippen LogP contribution is -2.30. The average molecular weight is 387 g/mol. The van der Waals surface area contributed by atoms with Gasteiger partial charge in [0.25, 0.3) is 0 Å². The number of aryl methyl sites for hydroxylation is 2. The highest BCUT2D eigenvalue weighted by Crippen LogP contribution is 2.24. The number of nitrogens with one attached hydrogen (secondary N) is 1. The van der Waals surface area contributed by atoms with Crippen molar-refractivity contribution in [2.45, 2.75) is 31.2 Å². The van der Waals surface area contributed by atoms with Crippen molar-refractivity contribution >= 4 is 10.0 Å². The number of ether oxygens (including phenoxy) is 1. The quantitative estimate of drug-likeness (QED) is 0.670. The molecule has 0 amide bonds. The first-order chi connectivity index (χ1) is 12.9. The third kappa shape index (κ3) is 4.53. The maximum Gasteiger partial charge on any atom is 0.241 e. The molecular formula is C19H21N3O4S. The molecular weight excluding hydrogens is 366 g/mol. The van der Waals surface area contributed by atoms with Crippen LogP contribution in [-0.4, -0.2) is 25.7 Å². The molecule has 2 aromatic carbocycles. The summed E-state index contributed by atoms with van der Waals surface area (Å²) in [7, 11) is -2.26. The Bertz CT molecular complexity index is 1020. The first-order valence-corrected chi connectivity index (χ1v) is 9.88. The predicted molar refractivity (Wildman–Crippen MR) is 100.0 cm³/mol. The van der Waals surface area contributed by atoms with Gasteiger partial charge < -0.3 is 9.15 Å². The number of nitrogens with zero attached hydrogens (tertiary/aromatic N) is 2. The third-order valence-corrected chi connectivity index (χ3v) is 5.57. The highest BCUT2D eigenvalue weighted by Gasteiger charge is 2.26. The number of aromatic nitrogens is 2. The van der Waals surface area contributed by atoms with Crippen LogP contribution >= 0.6 is 0 Å². The lowest BCUT2D eigenvalue weighted by Gasteiger charge is -2.16. The molecule has 0 aliphatic carbocycles. The molecule has 0 saturated carbocycles. The summed E-state index contributed by atoms with van der Waals surface area (Å²) in [6.45, 7) is 3.46. The maximum absolute atomic E-state index is 12.9. The van der Waals surface area contributed by atoms with E-state index < -0.39 is 16.1 Å². The monoisotopic (exact) mass is 387 g/mol. The van der Waals surface area contributed by atoms with Gasteiger partial charge in [0.15, 0.2) is 0 Å². The molecule has 1 N–H and O–H groups in total.